The zero-order valence-electron chi connectivity index (χ0n) is 9.87. The largest absolute Gasteiger partial charge is 0.306 e. The highest BCUT2D eigenvalue weighted by Gasteiger charge is 2.15. The van der Waals surface area contributed by atoms with Crippen molar-refractivity contribution in [1.82, 2.24) is 4.57 Å². The standard InChI is InChI=1S/C13H7Br2F2NO2/c14-7-3-10(15)13(20)18(5-7)6-12(19)9-4-8(16)1-2-11(9)17/h1-5H,6H2. The molecule has 0 fully saturated rings. The normalized spacial score (nSPS) is 10.6. The number of aromatic nitrogens is 1. The number of pyridine rings is 1. The van der Waals surface area contributed by atoms with E-state index in [9.17, 15) is 18.4 Å². The van der Waals surface area contributed by atoms with E-state index in [0.717, 1.165) is 22.8 Å². The second kappa shape index (κ2) is 5.97. The smallest absolute Gasteiger partial charge is 0.265 e. The van der Waals surface area contributed by atoms with Crippen LogP contribution in [0.4, 0.5) is 8.78 Å². The van der Waals surface area contributed by atoms with Crippen LogP contribution in [0.5, 0.6) is 0 Å². The third kappa shape index (κ3) is 3.21. The van der Waals surface area contributed by atoms with Crippen molar-refractivity contribution in [2.75, 3.05) is 0 Å². The van der Waals surface area contributed by atoms with Crippen molar-refractivity contribution in [2.45, 2.75) is 6.54 Å². The Morgan fingerprint density at radius 3 is 2.60 bits per heavy atom. The van der Waals surface area contributed by atoms with Crippen LogP contribution in [-0.4, -0.2) is 10.4 Å². The lowest BCUT2D eigenvalue weighted by atomic mass is 10.1. The Balaban J connectivity index is 2.38. The molecule has 1 aromatic carbocycles. The van der Waals surface area contributed by atoms with Crippen molar-refractivity contribution in [3.05, 3.63) is 67.0 Å². The molecule has 0 bridgehead atoms. The van der Waals surface area contributed by atoms with Crippen molar-refractivity contribution >= 4 is 37.6 Å². The van der Waals surface area contributed by atoms with Gasteiger partial charge in [-0.05, 0) is 56.1 Å². The lowest BCUT2D eigenvalue weighted by molar-refractivity contribution is 0.0966. The van der Waals surface area contributed by atoms with Crippen LogP contribution in [0.3, 0.4) is 0 Å². The summed E-state index contributed by atoms with van der Waals surface area (Å²) in [6.07, 6.45) is 1.40. The third-order valence-corrected chi connectivity index (χ3v) is 3.55. The third-order valence-electron chi connectivity index (χ3n) is 2.55. The molecule has 3 nitrogen and oxygen atoms in total. The fourth-order valence-corrected chi connectivity index (χ4v) is 2.89. The topological polar surface area (TPSA) is 39.1 Å². The molecule has 0 amide bonds. The Hall–Kier alpha value is -1.34. The summed E-state index contributed by atoms with van der Waals surface area (Å²) in [5.74, 6) is -2.22. The van der Waals surface area contributed by atoms with Gasteiger partial charge in [0, 0.05) is 10.7 Å². The van der Waals surface area contributed by atoms with Crippen LogP contribution in [0.2, 0.25) is 0 Å². The summed E-state index contributed by atoms with van der Waals surface area (Å²) in [7, 11) is 0. The molecule has 0 spiro atoms. The SMILES string of the molecule is O=C(Cn1cc(Br)cc(Br)c1=O)c1cc(F)ccc1F. The molecule has 2 rings (SSSR count). The second-order valence-corrected chi connectivity index (χ2v) is 5.76. The van der Waals surface area contributed by atoms with Crippen LogP contribution in [0.15, 0.2) is 44.2 Å². The Labute approximate surface area is 129 Å². The van der Waals surface area contributed by atoms with Crippen molar-refractivity contribution in [3.8, 4) is 0 Å². The number of Topliss-reactive ketones (excluding diaryl/α,β-unsaturated/α-hetero) is 1. The van der Waals surface area contributed by atoms with E-state index >= 15 is 0 Å². The van der Waals surface area contributed by atoms with Gasteiger partial charge in [-0.25, -0.2) is 8.78 Å². The minimum atomic E-state index is -0.821. The number of hydrogen-bond donors (Lipinski definition) is 0. The van der Waals surface area contributed by atoms with Crippen LogP contribution in [0.1, 0.15) is 10.4 Å². The number of carbonyl (C=O) groups excluding carboxylic acids is 1. The number of benzene rings is 1. The van der Waals surface area contributed by atoms with Gasteiger partial charge in [0.1, 0.15) is 11.6 Å². The van der Waals surface area contributed by atoms with E-state index in [4.69, 9.17) is 0 Å². The van der Waals surface area contributed by atoms with Gasteiger partial charge >= 0.3 is 0 Å². The van der Waals surface area contributed by atoms with Crippen LogP contribution in [0, 0.1) is 11.6 Å². The molecular formula is C13H7Br2F2NO2. The van der Waals surface area contributed by atoms with Crippen molar-refractivity contribution < 1.29 is 13.6 Å². The molecule has 7 heteroatoms. The molecule has 0 saturated carbocycles. The van der Waals surface area contributed by atoms with Gasteiger partial charge in [0.05, 0.1) is 16.6 Å². The first kappa shape index (κ1) is 15.1. The predicted molar refractivity (Wildman–Crippen MR) is 76.8 cm³/mol. The molecule has 1 heterocycles. The molecule has 104 valence electrons. The highest BCUT2D eigenvalue weighted by Crippen LogP contribution is 2.15. The van der Waals surface area contributed by atoms with Gasteiger partial charge in [0.15, 0.2) is 5.78 Å². The number of halogens is 4. The van der Waals surface area contributed by atoms with Crippen LogP contribution in [-0.2, 0) is 6.54 Å². The van der Waals surface area contributed by atoms with Crippen molar-refractivity contribution in [1.29, 1.82) is 0 Å². The summed E-state index contributed by atoms with van der Waals surface area (Å²) in [6, 6.07) is 4.15. The number of ketones is 1. The first-order chi connectivity index (χ1) is 9.38. The fourth-order valence-electron chi connectivity index (χ4n) is 1.63. The lowest BCUT2D eigenvalue weighted by Gasteiger charge is -2.07. The second-order valence-electron chi connectivity index (χ2n) is 3.99. The van der Waals surface area contributed by atoms with Crippen molar-refractivity contribution in [2.24, 2.45) is 0 Å². The molecule has 0 radical (unpaired) electrons. The first-order valence-corrected chi connectivity index (χ1v) is 7.01. The van der Waals surface area contributed by atoms with Gasteiger partial charge < -0.3 is 4.57 Å². The summed E-state index contributed by atoms with van der Waals surface area (Å²) in [4.78, 5) is 23.8. The maximum atomic E-state index is 13.5. The molecule has 0 N–H and O–H groups in total. The molecule has 0 aliphatic rings. The van der Waals surface area contributed by atoms with E-state index in [2.05, 4.69) is 31.9 Å². The average molecular weight is 407 g/mol. The van der Waals surface area contributed by atoms with E-state index in [-0.39, 0.29) is 16.6 Å². The number of nitrogens with zero attached hydrogens (tertiary/aromatic N) is 1. The molecular weight excluding hydrogens is 400 g/mol. The van der Waals surface area contributed by atoms with E-state index in [1.807, 2.05) is 0 Å². The molecule has 0 aliphatic heterocycles. The van der Waals surface area contributed by atoms with Crippen LogP contribution < -0.4 is 5.56 Å². The Bertz CT molecular complexity index is 744. The van der Waals surface area contributed by atoms with Gasteiger partial charge in [-0.1, -0.05) is 0 Å². The highest BCUT2D eigenvalue weighted by molar-refractivity contribution is 9.11. The fraction of sp³-hybridized carbons (Fsp3) is 0.0769. The van der Waals surface area contributed by atoms with Gasteiger partial charge in [-0.3, -0.25) is 9.59 Å². The van der Waals surface area contributed by atoms with E-state index in [0.29, 0.717) is 4.47 Å². The van der Waals surface area contributed by atoms with Gasteiger partial charge in [-0.2, -0.15) is 0 Å². The van der Waals surface area contributed by atoms with E-state index in [1.165, 1.54) is 12.3 Å². The van der Waals surface area contributed by atoms with Crippen LogP contribution >= 0.6 is 31.9 Å². The molecule has 0 saturated heterocycles. The zero-order valence-corrected chi connectivity index (χ0v) is 13.0. The average Bonchev–Trinajstić information content (AvgIpc) is 2.38. The van der Waals surface area contributed by atoms with E-state index < -0.39 is 23.0 Å². The van der Waals surface area contributed by atoms with E-state index in [1.54, 1.807) is 0 Å². The first-order valence-electron chi connectivity index (χ1n) is 5.42. The monoisotopic (exact) mass is 405 g/mol. The maximum absolute atomic E-state index is 13.5. The summed E-state index contributed by atoms with van der Waals surface area (Å²) in [5.41, 5.74) is -0.814. The Morgan fingerprint density at radius 1 is 1.20 bits per heavy atom. The molecule has 0 atom stereocenters. The molecule has 1 aromatic heterocycles. The van der Waals surface area contributed by atoms with Crippen LogP contribution in [0.25, 0.3) is 0 Å². The minimum absolute atomic E-state index is 0.263. The summed E-state index contributed by atoms with van der Waals surface area (Å²) >= 11 is 6.24. The van der Waals surface area contributed by atoms with Crippen molar-refractivity contribution in [3.63, 3.8) is 0 Å². The summed E-state index contributed by atoms with van der Waals surface area (Å²) < 4.78 is 28.5. The summed E-state index contributed by atoms with van der Waals surface area (Å²) in [6.45, 7) is -0.378. The predicted octanol–water partition coefficient (Wildman–Crippen LogP) is 3.53. The van der Waals surface area contributed by atoms with Gasteiger partial charge in [0.25, 0.3) is 5.56 Å². The summed E-state index contributed by atoms with van der Waals surface area (Å²) in [5, 5.41) is 0. The molecule has 0 unspecified atom stereocenters. The lowest BCUT2D eigenvalue weighted by Crippen LogP contribution is -2.24. The minimum Gasteiger partial charge on any atom is -0.306 e. The Kier molecular flexibility index (Phi) is 4.49. The quantitative estimate of drug-likeness (QED) is 0.731. The number of hydrogen-bond acceptors (Lipinski definition) is 2. The molecule has 2 aromatic rings. The number of rotatable bonds is 3. The maximum Gasteiger partial charge on any atom is 0.265 e. The molecule has 20 heavy (non-hydrogen) atoms. The van der Waals surface area contributed by atoms with Gasteiger partial charge in [0.2, 0.25) is 0 Å². The number of carbonyl (C=O) groups is 1. The van der Waals surface area contributed by atoms with Gasteiger partial charge in [-0.15, -0.1) is 0 Å². The molecule has 0 aliphatic carbocycles. The zero-order chi connectivity index (χ0) is 14.9. The highest BCUT2D eigenvalue weighted by atomic mass is 79.9. The Morgan fingerprint density at radius 2 is 1.90 bits per heavy atom.